The quantitative estimate of drug-likeness (QED) is 0.573. The Labute approximate surface area is 98.2 Å². The minimum Gasteiger partial charge on any atom is -0.382 e. The van der Waals surface area contributed by atoms with E-state index in [1.807, 2.05) is 6.92 Å². The van der Waals surface area contributed by atoms with Crippen LogP contribution in [-0.2, 0) is 4.74 Å². The van der Waals surface area contributed by atoms with Gasteiger partial charge in [0.2, 0.25) is 0 Å². The van der Waals surface area contributed by atoms with E-state index in [0.29, 0.717) is 0 Å². The SMILES string of the molecule is CCOCCCNC(=S)N1CCC(C)C1. The highest BCUT2D eigenvalue weighted by atomic mass is 32.1. The van der Waals surface area contributed by atoms with Crippen molar-refractivity contribution in [2.45, 2.75) is 26.7 Å². The lowest BCUT2D eigenvalue weighted by Crippen LogP contribution is -2.38. The molecule has 0 aromatic rings. The maximum absolute atomic E-state index is 5.32. The predicted molar refractivity (Wildman–Crippen MR) is 67.1 cm³/mol. The van der Waals surface area contributed by atoms with Crippen LogP contribution in [0.4, 0.5) is 0 Å². The predicted octanol–water partition coefficient (Wildman–Crippen LogP) is 1.63. The number of thiocarbonyl (C=S) groups is 1. The fraction of sp³-hybridized carbons (Fsp3) is 0.909. The standard InChI is InChI=1S/C11H22N2OS/c1-3-14-8-4-6-12-11(15)13-7-5-10(2)9-13/h10H,3-9H2,1-2H3,(H,12,15). The lowest BCUT2D eigenvalue weighted by Gasteiger charge is -2.20. The number of hydrogen-bond acceptors (Lipinski definition) is 2. The van der Waals surface area contributed by atoms with E-state index in [1.165, 1.54) is 6.42 Å². The number of ether oxygens (including phenoxy) is 1. The summed E-state index contributed by atoms with van der Waals surface area (Å²) < 4.78 is 5.26. The number of rotatable bonds is 5. The number of likely N-dealkylation sites (tertiary alicyclic amines) is 1. The number of nitrogens with one attached hydrogen (secondary N) is 1. The molecule has 0 aromatic heterocycles. The van der Waals surface area contributed by atoms with Crippen LogP contribution >= 0.6 is 12.2 Å². The second-order valence-corrected chi connectivity index (χ2v) is 4.51. The molecule has 0 spiro atoms. The zero-order chi connectivity index (χ0) is 11.1. The summed E-state index contributed by atoms with van der Waals surface area (Å²) in [5.74, 6) is 0.785. The third-order valence-corrected chi connectivity index (χ3v) is 3.06. The van der Waals surface area contributed by atoms with Crippen molar-refractivity contribution in [3.05, 3.63) is 0 Å². The van der Waals surface area contributed by atoms with Crippen LogP contribution in [0.5, 0.6) is 0 Å². The monoisotopic (exact) mass is 230 g/mol. The highest BCUT2D eigenvalue weighted by Gasteiger charge is 2.20. The normalized spacial score (nSPS) is 20.7. The van der Waals surface area contributed by atoms with E-state index in [1.54, 1.807) is 0 Å². The van der Waals surface area contributed by atoms with E-state index in [-0.39, 0.29) is 0 Å². The molecule has 0 bridgehead atoms. The molecule has 0 amide bonds. The van der Waals surface area contributed by atoms with Crippen molar-refractivity contribution in [2.24, 2.45) is 5.92 Å². The average Bonchev–Trinajstić information content (AvgIpc) is 2.64. The molecule has 0 radical (unpaired) electrons. The molecule has 3 nitrogen and oxygen atoms in total. The first-order valence-corrected chi connectivity index (χ1v) is 6.25. The van der Waals surface area contributed by atoms with Crippen molar-refractivity contribution in [1.29, 1.82) is 0 Å². The summed E-state index contributed by atoms with van der Waals surface area (Å²) in [7, 11) is 0. The number of nitrogens with zero attached hydrogens (tertiary/aromatic N) is 1. The summed E-state index contributed by atoms with van der Waals surface area (Å²) in [4.78, 5) is 2.26. The maximum atomic E-state index is 5.32. The van der Waals surface area contributed by atoms with Gasteiger partial charge in [-0.25, -0.2) is 0 Å². The summed E-state index contributed by atoms with van der Waals surface area (Å²) in [6.45, 7) is 9.05. The van der Waals surface area contributed by atoms with Gasteiger partial charge >= 0.3 is 0 Å². The molecule has 0 saturated carbocycles. The van der Waals surface area contributed by atoms with E-state index in [2.05, 4.69) is 17.1 Å². The highest BCUT2D eigenvalue weighted by molar-refractivity contribution is 7.80. The Bertz CT molecular complexity index is 199. The van der Waals surface area contributed by atoms with Gasteiger partial charge in [-0.1, -0.05) is 6.92 Å². The van der Waals surface area contributed by atoms with Crippen LogP contribution in [0, 0.1) is 5.92 Å². The summed E-state index contributed by atoms with van der Waals surface area (Å²) in [6.07, 6.45) is 2.29. The molecule has 1 aliphatic heterocycles. The van der Waals surface area contributed by atoms with Crippen molar-refractivity contribution in [3.8, 4) is 0 Å². The fourth-order valence-electron chi connectivity index (χ4n) is 1.75. The Kier molecular flexibility index (Phi) is 5.95. The van der Waals surface area contributed by atoms with Crippen molar-refractivity contribution >= 4 is 17.3 Å². The van der Waals surface area contributed by atoms with E-state index in [0.717, 1.165) is 50.3 Å². The average molecular weight is 230 g/mol. The topological polar surface area (TPSA) is 24.5 Å². The molecule has 15 heavy (non-hydrogen) atoms. The Morgan fingerprint density at radius 3 is 3.00 bits per heavy atom. The molecule has 1 unspecified atom stereocenters. The lowest BCUT2D eigenvalue weighted by atomic mass is 10.2. The van der Waals surface area contributed by atoms with E-state index < -0.39 is 0 Å². The van der Waals surface area contributed by atoms with Crippen LogP contribution in [-0.4, -0.2) is 42.9 Å². The molecular weight excluding hydrogens is 208 g/mol. The van der Waals surface area contributed by atoms with Crippen LogP contribution in [0.1, 0.15) is 26.7 Å². The van der Waals surface area contributed by atoms with Crippen molar-refractivity contribution < 1.29 is 4.74 Å². The summed E-state index contributed by atoms with van der Waals surface area (Å²) >= 11 is 5.32. The Morgan fingerprint density at radius 1 is 1.60 bits per heavy atom. The van der Waals surface area contributed by atoms with Gasteiger partial charge in [0.1, 0.15) is 0 Å². The molecule has 1 atom stereocenters. The molecular formula is C11H22N2OS. The molecule has 1 heterocycles. The maximum Gasteiger partial charge on any atom is 0.168 e. The number of hydrogen-bond donors (Lipinski definition) is 1. The third kappa shape index (κ3) is 4.80. The fourth-order valence-corrected chi connectivity index (χ4v) is 2.01. The van der Waals surface area contributed by atoms with Crippen molar-refractivity contribution in [3.63, 3.8) is 0 Å². The van der Waals surface area contributed by atoms with Gasteiger partial charge in [-0.15, -0.1) is 0 Å². The zero-order valence-electron chi connectivity index (χ0n) is 9.79. The molecule has 1 fully saturated rings. The minimum absolute atomic E-state index is 0.785. The van der Waals surface area contributed by atoms with Gasteiger partial charge < -0.3 is 15.0 Å². The van der Waals surface area contributed by atoms with Gasteiger partial charge in [-0.3, -0.25) is 0 Å². The van der Waals surface area contributed by atoms with Gasteiger partial charge in [-0.05, 0) is 37.9 Å². The van der Waals surface area contributed by atoms with Crippen LogP contribution in [0.3, 0.4) is 0 Å². The van der Waals surface area contributed by atoms with E-state index in [4.69, 9.17) is 17.0 Å². The third-order valence-electron chi connectivity index (χ3n) is 2.66. The molecule has 0 aromatic carbocycles. The molecule has 1 rings (SSSR count). The van der Waals surface area contributed by atoms with Crippen LogP contribution in [0.2, 0.25) is 0 Å². The molecule has 1 saturated heterocycles. The van der Waals surface area contributed by atoms with E-state index in [9.17, 15) is 0 Å². The molecule has 4 heteroatoms. The minimum atomic E-state index is 0.785. The zero-order valence-corrected chi connectivity index (χ0v) is 10.6. The Balaban J connectivity index is 2.03. The molecule has 88 valence electrons. The summed E-state index contributed by atoms with van der Waals surface area (Å²) in [5, 5.41) is 4.19. The summed E-state index contributed by atoms with van der Waals surface area (Å²) in [5.41, 5.74) is 0. The molecule has 1 N–H and O–H groups in total. The van der Waals surface area contributed by atoms with Gasteiger partial charge in [-0.2, -0.15) is 0 Å². The van der Waals surface area contributed by atoms with Gasteiger partial charge in [0, 0.05) is 32.8 Å². The van der Waals surface area contributed by atoms with Gasteiger partial charge in [0.25, 0.3) is 0 Å². The van der Waals surface area contributed by atoms with Crippen LogP contribution in [0.25, 0.3) is 0 Å². The second-order valence-electron chi connectivity index (χ2n) is 4.12. The molecule has 1 aliphatic rings. The largest absolute Gasteiger partial charge is 0.382 e. The summed E-state index contributed by atoms with van der Waals surface area (Å²) in [6, 6.07) is 0. The first-order valence-electron chi connectivity index (χ1n) is 5.84. The van der Waals surface area contributed by atoms with Crippen LogP contribution < -0.4 is 5.32 Å². The van der Waals surface area contributed by atoms with Crippen molar-refractivity contribution in [2.75, 3.05) is 32.8 Å². The highest BCUT2D eigenvalue weighted by Crippen LogP contribution is 2.14. The second kappa shape index (κ2) is 7.01. The van der Waals surface area contributed by atoms with Crippen molar-refractivity contribution in [1.82, 2.24) is 10.2 Å². The first kappa shape index (κ1) is 12.7. The van der Waals surface area contributed by atoms with Gasteiger partial charge in [0.05, 0.1) is 0 Å². The Hall–Kier alpha value is -0.350. The van der Waals surface area contributed by atoms with E-state index >= 15 is 0 Å². The first-order chi connectivity index (χ1) is 7.24. The lowest BCUT2D eigenvalue weighted by molar-refractivity contribution is 0.145. The van der Waals surface area contributed by atoms with Crippen LogP contribution in [0.15, 0.2) is 0 Å². The molecule has 0 aliphatic carbocycles. The Morgan fingerprint density at radius 2 is 2.40 bits per heavy atom. The van der Waals surface area contributed by atoms with Gasteiger partial charge in [0.15, 0.2) is 5.11 Å². The smallest absolute Gasteiger partial charge is 0.168 e.